The Morgan fingerprint density at radius 3 is 2.86 bits per heavy atom. The average Bonchev–Trinajstić information content (AvgIpc) is 2.47. The second-order valence-corrected chi connectivity index (χ2v) is 5.49. The molecule has 0 aliphatic carbocycles. The van der Waals surface area contributed by atoms with Crippen molar-refractivity contribution in [3.8, 4) is 5.88 Å². The number of nitrogens with one attached hydrogen (secondary N) is 1. The summed E-state index contributed by atoms with van der Waals surface area (Å²) in [5, 5.41) is 3.32. The first-order valence-electron chi connectivity index (χ1n) is 7.62. The lowest BCUT2D eigenvalue weighted by Crippen LogP contribution is -2.37. The predicted molar refractivity (Wildman–Crippen MR) is 84.8 cm³/mol. The van der Waals surface area contributed by atoms with Gasteiger partial charge in [-0.25, -0.2) is 0 Å². The number of pyridine rings is 1. The highest BCUT2D eigenvalue weighted by molar-refractivity contribution is 5.53. The smallest absolute Gasteiger partial charge is 0.239 e. The van der Waals surface area contributed by atoms with Crippen molar-refractivity contribution in [2.24, 2.45) is 0 Å². The largest absolute Gasteiger partial charge is 0.473 e. The van der Waals surface area contributed by atoms with Crippen LogP contribution in [0.3, 0.4) is 0 Å². The van der Waals surface area contributed by atoms with E-state index in [2.05, 4.69) is 15.2 Å². The summed E-state index contributed by atoms with van der Waals surface area (Å²) in [4.78, 5) is 6.83. The van der Waals surface area contributed by atoms with Gasteiger partial charge in [0.25, 0.3) is 0 Å². The second kappa shape index (κ2) is 8.05. The number of nitrogen functional groups attached to an aromatic ring is 1. The van der Waals surface area contributed by atoms with Crippen LogP contribution >= 0.6 is 0 Å². The first-order chi connectivity index (χ1) is 10.1. The number of nitrogens with two attached hydrogens (primary N) is 1. The van der Waals surface area contributed by atoms with Crippen LogP contribution in [0.15, 0.2) is 12.1 Å². The number of morpholine rings is 1. The van der Waals surface area contributed by atoms with Gasteiger partial charge in [-0.15, -0.1) is 0 Å². The SMILES string of the molecule is CC(C)Oc1nc(NCCCN2CCOCC2)ccc1N. The molecule has 1 aromatic rings. The number of aromatic nitrogens is 1. The molecule has 1 fully saturated rings. The van der Waals surface area contributed by atoms with E-state index < -0.39 is 0 Å². The van der Waals surface area contributed by atoms with Gasteiger partial charge in [-0.1, -0.05) is 0 Å². The first kappa shape index (κ1) is 15.9. The molecule has 2 rings (SSSR count). The van der Waals surface area contributed by atoms with Gasteiger partial charge in [0.15, 0.2) is 0 Å². The van der Waals surface area contributed by atoms with Crippen LogP contribution in [-0.4, -0.2) is 55.4 Å². The van der Waals surface area contributed by atoms with Crippen LogP contribution in [0.1, 0.15) is 20.3 Å². The number of nitrogens with zero attached hydrogens (tertiary/aromatic N) is 2. The van der Waals surface area contributed by atoms with Gasteiger partial charge in [-0.2, -0.15) is 4.98 Å². The van der Waals surface area contributed by atoms with Gasteiger partial charge in [0, 0.05) is 19.6 Å². The maximum Gasteiger partial charge on any atom is 0.239 e. The van der Waals surface area contributed by atoms with Gasteiger partial charge in [-0.05, 0) is 38.9 Å². The summed E-state index contributed by atoms with van der Waals surface area (Å²) in [6.07, 6.45) is 1.14. The molecule has 0 amide bonds. The monoisotopic (exact) mass is 294 g/mol. The molecule has 3 N–H and O–H groups in total. The molecule has 21 heavy (non-hydrogen) atoms. The van der Waals surface area contributed by atoms with E-state index in [-0.39, 0.29) is 6.10 Å². The van der Waals surface area contributed by atoms with E-state index in [9.17, 15) is 0 Å². The van der Waals surface area contributed by atoms with E-state index in [1.807, 2.05) is 26.0 Å². The molecule has 6 heteroatoms. The molecule has 118 valence electrons. The van der Waals surface area contributed by atoms with Crippen molar-refractivity contribution < 1.29 is 9.47 Å². The summed E-state index contributed by atoms with van der Waals surface area (Å²) in [5.41, 5.74) is 6.43. The molecule has 1 aliphatic heterocycles. The third kappa shape index (κ3) is 5.40. The van der Waals surface area contributed by atoms with Gasteiger partial charge < -0.3 is 20.5 Å². The number of hydrogen-bond acceptors (Lipinski definition) is 6. The molecular formula is C15H26N4O2. The van der Waals surface area contributed by atoms with Gasteiger partial charge in [-0.3, -0.25) is 4.90 Å². The molecule has 0 unspecified atom stereocenters. The zero-order valence-corrected chi connectivity index (χ0v) is 13.0. The van der Waals surface area contributed by atoms with Crippen molar-refractivity contribution in [3.63, 3.8) is 0 Å². The van der Waals surface area contributed by atoms with Crippen LogP contribution in [0.5, 0.6) is 5.88 Å². The Kier molecular flexibility index (Phi) is 6.07. The Balaban J connectivity index is 1.74. The fraction of sp³-hybridized carbons (Fsp3) is 0.667. The van der Waals surface area contributed by atoms with Crippen LogP contribution in [-0.2, 0) is 4.74 Å². The zero-order valence-electron chi connectivity index (χ0n) is 13.0. The fourth-order valence-corrected chi connectivity index (χ4v) is 2.21. The Morgan fingerprint density at radius 1 is 1.38 bits per heavy atom. The molecule has 6 nitrogen and oxygen atoms in total. The minimum Gasteiger partial charge on any atom is -0.473 e. The van der Waals surface area contributed by atoms with Crippen molar-refractivity contribution in [3.05, 3.63) is 12.1 Å². The lowest BCUT2D eigenvalue weighted by molar-refractivity contribution is 0.0378. The minimum atomic E-state index is 0.0661. The van der Waals surface area contributed by atoms with Gasteiger partial charge >= 0.3 is 0 Å². The summed E-state index contributed by atoms with van der Waals surface area (Å²) < 4.78 is 10.9. The van der Waals surface area contributed by atoms with E-state index in [0.29, 0.717) is 11.6 Å². The molecule has 1 aromatic heterocycles. The Hall–Kier alpha value is -1.53. The van der Waals surface area contributed by atoms with Crippen LogP contribution in [0.2, 0.25) is 0 Å². The zero-order chi connectivity index (χ0) is 15.1. The van der Waals surface area contributed by atoms with Crippen molar-refractivity contribution in [1.82, 2.24) is 9.88 Å². The molecule has 1 aliphatic rings. The highest BCUT2D eigenvalue weighted by Gasteiger charge is 2.09. The first-order valence-corrected chi connectivity index (χ1v) is 7.62. The van der Waals surface area contributed by atoms with Gasteiger partial charge in [0.1, 0.15) is 5.82 Å². The normalized spacial score (nSPS) is 16.1. The topological polar surface area (TPSA) is 72.6 Å². The number of rotatable bonds is 7. The molecule has 0 spiro atoms. The Labute approximate surface area is 126 Å². The summed E-state index contributed by atoms with van der Waals surface area (Å²) >= 11 is 0. The lowest BCUT2D eigenvalue weighted by atomic mass is 10.3. The van der Waals surface area contributed by atoms with E-state index >= 15 is 0 Å². The van der Waals surface area contributed by atoms with Crippen LogP contribution in [0.4, 0.5) is 11.5 Å². The average molecular weight is 294 g/mol. The Morgan fingerprint density at radius 2 is 2.14 bits per heavy atom. The third-order valence-electron chi connectivity index (χ3n) is 3.30. The maximum absolute atomic E-state index is 5.86. The second-order valence-electron chi connectivity index (χ2n) is 5.49. The molecule has 0 bridgehead atoms. The van der Waals surface area contributed by atoms with E-state index in [4.69, 9.17) is 15.2 Å². The van der Waals surface area contributed by atoms with Crippen molar-refractivity contribution in [2.75, 3.05) is 50.4 Å². The number of ether oxygens (including phenoxy) is 2. The number of hydrogen-bond donors (Lipinski definition) is 2. The molecule has 0 radical (unpaired) electrons. The standard InChI is InChI=1S/C15H26N4O2/c1-12(2)21-15-13(16)4-5-14(18-15)17-6-3-7-19-8-10-20-11-9-19/h4-5,12H,3,6-11,16H2,1-2H3,(H,17,18). The molecule has 0 aromatic carbocycles. The highest BCUT2D eigenvalue weighted by atomic mass is 16.5. The fourth-order valence-electron chi connectivity index (χ4n) is 2.21. The van der Waals surface area contributed by atoms with Gasteiger partial charge in [0.2, 0.25) is 5.88 Å². The van der Waals surface area contributed by atoms with E-state index in [1.165, 1.54) is 0 Å². The number of anilines is 2. The van der Waals surface area contributed by atoms with Crippen molar-refractivity contribution in [2.45, 2.75) is 26.4 Å². The maximum atomic E-state index is 5.86. The summed E-state index contributed by atoms with van der Waals surface area (Å²) in [6, 6.07) is 3.71. The third-order valence-corrected chi connectivity index (χ3v) is 3.30. The lowest BCUT2D eigenvalue weighted by Gasteiger charge is -2.26. The van der Waals surface area contributed by atoms with Gasteiger partial charge in [0.05, 0.1) is 25.0 Å². The van der Waals surface area contributed by atoms with Crippen LogP contribution < -0.4 is 15.8 Å². The van der Waals surface area contributed by atoms with Crippen molar-refractivity contribution >= 4 is 11.5 Å². The predicted octanol–water partition coefficient (Wildman–Crippen LogP) is 1.59. The molecule has 1 saturated heterocycles. The minimum absolute atomic E-state index is 0.0661. The molecular weight excluding hydrogens is 268 g/mol. The van der Waals surface area contributed by atoms with Crippen LogP contribution in [0, 0.1) is 0 Å². The quantitative estimate of drug-likeness (QED) is 0.744. The highest BCUT2D eigenvalue weighted by Crippen LogP contribution is 2.21. The van der Waals surface area contributed by atoms with Crippen LogP contribution in [0.25, 0.3) is 0 Å². The summed E-state index contributed by atoms with van der Waals surface area (Å²) in [5.74, 6) is 1.31. The summed E-state index contributed by atoms with van der Waals surface area (Å²) in [6.45, 7) is 9.66. The van der Waals surface area contributed by atoms with E-state index in [0.717, 1.165) is 51.6 Å². The summed E-state index contributed by atoms with van der Waals surface area (Å²) in [7, 11) is 0. The molecule has 0 saturated carbocycles. The van der Waals surface area contributed by atoms with E-state index in [1.54, 1.807) is 0 Å². The Bertz CT molecular complexity index is 434. The molecule has 2 heterocycles. The van der Waals surface area contributed by atoms with Crippen molar-refractivity contribution in [1.29, 1.82) is 0 Å². The molecule has 0 atom stereocenters.